The van der Waals surface area contributed by atoms with E-state index in [2.05, 4.69) is 49.7 Å². The molecule has 0 aromatic rings. The SMILES string of the molecule is CCSCCCN1CC(C)(C)NCCC1C. The lowest BCUT2D eigenvalue weighted by Crippen LogP contribution is -2.47. The molecule has 1 aliphatic heterocycles. The molecule has 0 saturated carbocycles. The van der Waals surface area contributed by atoms with Crippen LogP contribution in [-0.4, -0.2) is 47.6 Å². The maximum absolute atomic E-state index is 3.64. The second-order valence-electron chi connectivity index (χ2n) is 5.47. The highest BCUT2D eigenvalue weighted by Gasteiger charge is 2.27. The van der Waals surface area contributed by atoms with Crippen LogP contribution < -0.4 is 5.32 Å². The summed E-state index contributed by atoms with van der Waals surface area (Å²) in [6.45, 7) is 12.9. The first kappa shape index (κ1) is 14.3. The third kappa shape index (κ3) is 5.07. The van der Waals surface area contributed by atoms with Crippen molar-refractivity contribution in [2.24, 2.45) is 0 Å². The summed E-state index contributed by atoms with van der Waals surface area (Å²) < 4.78 is 0. The van der Waals surface area contributed by atoms with E-state index in [1.165, 1.54) is 37.4 Å². The van der Waals surface area contributed by atoms with E-state index in [4.69, 9.17) is 0 Å². The molecule has 0 aromatic carbocycles. The number of hydrogen-bond acceptors (Lipinski definition) is 3. The molecule has 1 N–H and O–H groups in total. The minimum absolute atomic E-state index is 0.280. The van der Waals surface area contributed by atoms with Gasteiger partial charge >= 0.3 is 0 Å². The van der Waals surface area contributed by atoms with Crippen LogP contribution in [0, 0.1) is 0 Å². The smallest absolute Gasteiger partial charge is 0.0252 e. The highest BCUT2D eigenvalue weighted by molar-refractivity contribution is 7.99. The van der Waals surface area contributed by atoms with Crippen molar-refractivity contribution in [3.63, 3.8) is 0 Å². The Balaban J connectivity index is 2.35. The van der Waals surface area contributed by atoms with Crippen molar-refractivity contribution < 1.29 is 0 Å². The Morgan fingerprint density at radius 2 is 2.19 bits per heavy atom. The zero-order valence-corrected chi connectivity index (χ0v) is 12.2. The molecule has 16 heavy (non-hydrogen) atoms. The van der Waals surface area contributed by atoms with Crippen LogP contribution in [0.4, 0.5) is 0 Å². The summed E-state index contributed by atoms with van der Waals surface area (Å²) in [6.07, 6.45) is 2.61. The normalized spacial score (nSPS) is 26.6. The third-order valence-electron chi connectivity index (χ3n) is 3.33. The summed E-state index contributed by atoms with van der Waals surface area (Å²) in [5.74, 6) is 2.57. The number of nitrogens with one attached hydrogen (secondary N) is 1. The monoisotopic (exact) mass is 244 g/mol. The van der Waals surface area contributed by atoms with Gasteiger partial charge in [-0.3, -0.25) is 4.90 Å². The Morgan fingerprint density at radius 3 is 2.88 bits per heavy atom. The summed E-state index contributed by atoms with van der Waals surface area (Å²) in [5.41, 5.74) is 0.280. The molecule has 1 unspecified atom stereocenters. The molecule has 0 radical (unpaired) electrons. The van der Waals surface area contributed by atoms with E-state index in [9.17, 15) is 0 Å². The first-order valence-electron chi connectivity index (χ1n) is 6.62. The predicted octanol–water partition coefficient (Wildman–Crippen LogP) is 2.59. The fourth-order valence-electron chi connectivity index (χ4n) is 2.33. The summed E-state index contributed by atoms with van der Waals surface area (Å²) >= 11 is 2.06. The predicted molar refractivity (Wildman–Crippen MR) is 75.3 cm³/mol. The fraction of sp³-hybridized carbons (Fsp3) is 1.00. The van der Waals surface area contributed by atoms with E-state index < -0.39 is 0 Å². The van der Waals surface area contributed by atoms with Gasteiger partial charge in [0.25, 0.3) is 0 Å². The molecule has 96 valence electrons. The standard InChI is InChI=1S/C13H28N2S/c1-5-16-10-6-9-15-11-13(3,4)14-8-7-12(15)2/h12,14H,5-11H2,1-4H3. The van der Waals surface area contributed by atoms with Gasteiger partial charge in [-0.05, 0) is 58.2 Å². The topological polar surface area (TPSA) is 15.3 Å². The maximum atomic E-state index is 3.64. The van der Waals surface area contributed by atoms with E-state index in [1.807, 2.05) is 0 Å². The minimum Gasteiger partial charge on any atom is -0.310 e. The zero-order valence-electron chi connectivity index (χ0n) is 11.4. The number of thioether (sulfide) groups is 1. The van der Waals surface area contributed by atoms with E-state index in [1.54, 1.807) is 0 Å². The molecule has 2 nitrogen and oxygen atoms in total. The van der Waals surface area contributed by atoms with Crippen molar-refractivity contribution in [3.05, 3.63) is 0 Å². The van der Waals surface area contributed by atoms with Crippen molar-refractivity contribution in [1.82, 2.24) is 10.2 Å². The lowest BCUT2D eigenvalue weighted by Gasteiger charge is -2.32. The lowest BCUT2D eigenvalue weighted by atomic mass is 10.1. The van der Waals surface area contributed by atoms with Crippen LogP contribution in [0.1, 0.15) is 40.5 Å². The van der Waals surface area contributed by atoms with Crippen molar-refractivity contribution in [2.75, 3.05) is 31.1 Å². The number of rotatable bonds is 5. The van der Waals surface area contributed by atoms with Gasteiger partial charge in [-0.2, -0.15) is 11.8 Å². The van der Waals surface area contributed by atoms with E-state index >= 15 is 0 Å². The third-order valence-corrected chi connectivity index (χ3v) is 4.31. The minimum atomic E-state index is 0.280. The molecular weight excluding hydrogens is 216 g/mol. The first-order valence-corrected chi connectivity index (χ1v) is 7.77. The highest BCUT2D eigenvalue weighted by Crippen LogP contribution is 2.16. The van der Waals surface area contributed by atoms with Crippen molar-refractivity contribution in [1.29, 1.82) is 0 Å². The summed E-state index contributed by atoms with van der Waals surface area (Å²) in [4.78, 5) is 2.66. The second-order valence-corrected chi connectivity index (χ2v) is 6.86. The van der Waals surface area contributed by atoms with Gasteiger partial charge in [-0.15, -0.1) is 0 Å². The molecule has 1 aliphatic rings. The molecule has 1 heterocycles. The molecule has 0 bridgehead atoms. The van der Waals surface area contributed by atoms with Gasteiger partial charge in [0.1, 0.15) is 0 Å². The Hall–Kier alpha value is 0.270. The number of hydrogen-bond donors (Lipinski definition) is 1. The van der Waals surface area contributed by atoms with E-state index in [0.717, 1.165) is 12.6 Å². The molecule has 1 fully saturated rings. The Bertz CT molecular complexity index is 194. The second kappa shape index (κ2) is 6.87. The number of nitrogens with zero attached hydrogens (tertiary/aromatic N) is 1. The largest absolute Gasteiger partial charge is 0.310 e. The molecule has 0 amide bonds. The molecule has 3 heteroatoms. The van der Waals surface area contributed by atoms with Gasteiger partial charge < -0.3 is 5.32 Å². The average molecular weight is 244 g/mol. The lowest BCUT2D eigenvalue weighted by molar-refractivity contribution is 0.182. The van der Waals surface area contributed by atoms with Gasteiger partial charge in [0.15, 0.2) is 0 Å². The molecule has 1 rings (SSSR count). The van der Waals surface area contributed by atoms with Crippen LogP contribution in [-0.2, 0) is 0 Å². The van der Waals surface area contributed by atoms with Crippen LogP contribution in [0.3, 0.4) is 0 Å². The maximum Gasteiger partial charge on any atom is 0.0252 e. The van der Waals surface area contributed by atoms with Crippen LogP contribution in [0.5, 0.6) is 0 Å². The Labute approximate surface area is 106 Å². The molecule has 0 spiro atoms. The van der Waals surface area contributed by atoms with Crippen LogP contribution >= 0.6 is 11.8 Å². The van der Waals surface area contributed by atoms with Crippen LogP contribution in [0.25, 0.3) is 0 Å². The molecule has 1 atom stereocenters. The quantitative estimate of drug-likeness (QED) is 0.748. The molecular formula is C13H28N2S. The van der Waals surface area contributed by atoms with Crippen LogP contribution in [0.2, 0.25) is 0 Å². The van der Waals surface area contributed by atoms with Gasteiger partial charge in [-0.25, -0.2) is 0 Å². The fourth-order valence-corrected chi connectivity index (χ4v) is 2.96. The highest BCUT2D eigenvalue weighted by atomic mass is 32.2. The van der Waals surface area contributed by atoms with E-state index in [0.29, 0.717) is 0 Å². The summed E-state index contributed by atoms with van der Waals surface area (Å²) in [6, 6.07) is 0.737. The summed E-state index contributed by atoms with van der Waals surface area (Å²) in [5, 5.41) is 3.64. The van der Waals surface area contributed by atoms with Gasteiger partial charge in [0.05, 0.1) is 0 Å². The Morgan fingerprint density at radius 1 is 1.44 bits per heavy atom. The first-order chi connectivity index (χ1) is 7.55. The molecule has 0 aromatic heterocycles. The summed E-state index contributed by atoms with van der Waals surface area (Å²) in [7, 11) is 0. The zero-order chi connectivity index (χ0) is 12.0. The van der Waals surface area contributed by atoms with Crippen molar-refractivity contribution >= 4 is 11.8 Å². The van der Waals surface area contributed by atoms with Crippen LogP contribution in [0.15, 0.2) is 0 Å². The van der Waals surface area contributed by atoms with E-state index in [-0.39, 0.29) is 5.54 Å². The van der Waals surface area contributed by atoms with Gasteiger partial charge in [-0.1, -0.05) is 6.92 Å². The average Bonchev–Trinajstić information content (AvgIpc) is 2.33. The molecule has 1 saturated heterocycles. The molecule has 0 aliphatic carbocycles. The Kier molecular flexibility index (Phi) is 6.16. The van der Waals surface area contributed by atoms with Gasteiger partial charge in [0.2, 0.25) is 0 Å². The van der Waals surface area contributed by atoms with Crippen molar-refractivity contribution in [2.45, 2.75) is 52.1 Å². The van der Waals surface area contributed by atoms with Gasteiger partial charge in [0, 0.05) is 18.1 Å². The van der Waals surface area contributed by atoms with Crippen molar-refractivity contribution in [3.8, 4) is 0 Å².